The molecule has 0 aromatic heterocycles. The molecule has 0 aliphatic rings. The molecule has 21 heavy (non-hydrogen) atoms. The molecule has 0 heterocycles. The van der Waals surface area contributed by atoms with Crippen LogP contribution in [0.2, 0.25) is 0 Å². The highest BCUT2D eigenvalue weighted by atomic mass is 19.1. The number of carbonyl (C=O) groups excluding carboxylic acids is 2. The number of esters is 2. The average Bonchev–Trinajstić information content (AvgIpc) is 2.46. The van der Waals surface area contributed by atoms with E-state index >= 15 is 0 Å². The van der Waals surface area contributed by atoms with Crippen molar-refractivity contribution >= 4 is 11.9 Å². The van der Waals surface area contributed by atoms with Gasteiger partial charge in [-0.15, -0.1) is 0 Å². The zero-order valence-electron chi connectivity index (χ0n) is 11.4. The van der Waals surface area contributed by atoms with Crippen molar-refractivity contribution in [3.8, 4) is 0 Å². The summed E-state index contributed by atoms with van der Waals surface area (Å²) < 4.78 is 22.0. The Labute approximate surface area is 119 Å². The normalized spacial score (nSPS) is 11.8. The van der Waals surface area contributed by atoms with Gasteiger partial charge < -0.3 is 9.47 Å². The van der Waals surface area contributed by atoms with Crippen LogP contribution in [0.4, 0.5) is 4.39 Å². The van der Waals surface area contributed by atoms with Crippen molar-refractivity contribution in [2.75, 3.05) is 20.8 Å². The molecule has 0 fully saturated rings. The Hall–Kier alpha value is -2.51. The van der Waals surface area contributed by atoms with E-state index in [4.69, 9.17) is 0 Å². The fourth-order valence-corrected chi connectivity index (χ4v) is 1.95. The van der Waals surface area contributed by atoms with Crippen LogP contribution in [-0.4, -0.2) is 37.6 Å². The number of nitro groups is 1. The van der Waals surface area contributed by atoms with Gasteiger partial charge >= 0.3 is 11.9 Å². The third kappa shape index (κ3) is 4.23. The molecule has 0 amide bonds. The van der Waals surface area contributed by atoms with Crippen LogP contribution in [0.1, 0.15) is 11.5 Å². The summed E-state index contributed by atoms with van der Waals surface area (Å²) in [5.41, 5.74) is 0.272. The third-order valence-corrected chi connectivity index (χ3v) is 2.96. The first-order chi connectivity index (χ1) is 9.90. The number of halogens is 1. The lowest BCUT2D eigenvalue weighted by molar-refractivity contribution is -0.484. The minimum atomic E-state index is -1.49. The van der Waals surface area contributed by atoms with Gasteiger partial charge in [0.2, 0.25) is 6.54 Å². The molecule has 8 heteroatoms. The smallest absolute Gasteiger partial charge is 0.320 e. The Bertz CT molecular complexity index is 514. The Morgan fingerprint density at radius 2 is 1.67 bits per heavy atom. The van der Waals surface area contributed by atoms with E-state index in [2.05, 4.69) is 9.47 Å². The first-order valence-corrected chi connectivity index (χ1v) is 5.93. The quantitative estimate of drug-likeness (QED) is 0.338. The number of nitrogens with zero attached hydrogens (tertiary/aromatic N) is 1. The van der Waals surface area contributed by atoms with Crippen molar-refractivity contribution in [2.45, 2.75) is 5.92 Å². The number of methoxy groups -OCH3 is 2. The van der Waals surface area contributed by atoms with E-state index in [0.717, 1.165) is 26.4 Å². The van der Waals surface area contributed by atoms with Gasteiger partial charge in [0, 0.05) is 4.92 Å². The van der Waals surface area contributed by atoms with Crippen molar-refractivity contribution in [1.82, 2.24) is 0 Å². The van der Waals surface area contributed by atoms with Crippen molar-refractivity contribution in [3.05, 3.63) is 45.8 Å². The minimum Gasteiger partial charge on any atom is -0.468 e. The Balaban J connectivity index is 3.25. The van der Waals surface area contributed by atoms with Gasteiger partial charge in [-0.25, -0.2) is 4.39 Å². The first-order valence-electron chi connectivity index (χ1n) is 5.93. The highest BCUT2D eigenvalue weighted by molar-refractivity contribution is 5.96. The summed E-state index contributed by atoms with van der Waals surface area (Å²) in [7, 11) is 2.12. The molecular formula is C13H14FNO6. The maximum Gasteiger partial charge on any atom is 0.320 e. The summed E-state index contributed by atoms with van der Waals surface area (Å²) in [6, 6.07) is 4.74. The molecule has 0 bridgehead atoms. The number of ether oxygens (including phenoxy) is 2. The number of hydrogen-bond acceptors (Lipinski definition) is 6. The molecule has 1 aromatic carbocycles. The molecule has 0 saturated carbocycles. The molecule has 0 saturated heterocycles. The maximum atomic E-state index is 12.9. The molecule has 7 nitrogen and oxygen atoms in total. The van der Waals surface area contributed by atoms with Crippen molar-refractivity contribution in [3.63, 3.8) is 0 Å². The Morgan fingerprint density at radius 3 is 2.05 bits per heavy atom. The lowest BCUT2D eigenvalue weighted by Crippen LogP contribution is -2.35. The molecule has 1 atom stereocenters. The van der Waals surface area contributed by atoms with Crippen molar-refractivity contribution in [2.24, 2.45) is 5.92 Å². The minimum absolute atomic E-state index is 0.272. The van der Waals surface area contributed by atoms with Gasteiger partial charge in [-0.2, -0.15) is 0 Å². The number of benzene rings is 1. The summed E-state index contributed by atoms with van der Waals surface area (Å²) in [5, 5.41) is 10.8. The monoisotopic (exact) mass is 299 g/mol. The lowest BCUT2D eigenvalue weighted by Gasteiger charge is -2.20. The third-order valence-electron chi connectivity index (χ3n) is 2.96. The topological polar surface area (TPSA) is 95.7 Å². The molecular weight excluding hydrogens is 285 g/mol. The van der Waals surface area contributed by atoms with Crippen LogP contribution >= 0.6 is 0 Å². The van der Waals surface area contributed by atoms with Gasteiger partial charge in [0.05, 0.1) is 20.1 Å². The molecule has 0 radical (unpaired) electrons. The predicted molar refractivity (Wildman–Crippen MR) is 68.5 cm³/mol. The van der Waals surface area contributed by atoms with E-state index in [1.54, 1.807) is 0 Å². The summed E-state index contributed by atoms with van der Waals surface area (Å²) in [6.45, 7) is -0.694. The molecule has 0 aliphatic carbocycles. The molecule has 0 N–H and O–H groups in total. The summed E-state index contributed by atoms with van der Waals surface area (Å²) in [5.74, 6) is -5.03. The van der Waals surface area contributed by atoms with Crippen LogP contribution in [0.25, 0.3) is 0 Å². The predicted octanol–water partition coefficient (Wildman–Crippen LogP) is 1.15. The van der Waals surface area contributed by atoms with Gasteiger partial charge in [-0.3, -0.25) is 19.7 Å². The van der Waals surface area contributed by atoms with E-state index in [1.165, 1.54) is 12.1 Å². The second-order valence-corrected chi connectivity index (χ2v) is 4.20. The van der Waals surface area contributed by atoms with E-state index < -0.39 is 41.1 Å². The SMILES string of the molecule is COC(=O)C(C(=O)OC)[C@@H](C[N+](=O)[O-])c1ccc(F)cc1. The molecule has 1 rings (SSSR count). The lowest BCUT2D eigenvalue weighted by atomic mass is 9.86. The Morgan fingerprint density at radius 1 is 1.19 bits per heavy atom. The van der Waals surface area contributed by atoms with Crippen LogP contribution < -0.4 is 0 Å². The zero-order valence-corrected chi connectivity index (χ0v) is 11.4. The van der Waals surface area contributed by atoms with Gasteiger partial charge in [-0.1, -0.05) is 12.1 Å². The fraction of sp³-hybridized carbons (Fsp3) is 0.385. The molecule has 0 spiro atoms. The molecule has 0 unspecified atom stereocenters. The highest BCUT2D eigenvalue weighted by Crippen LogP contribution is 2.27. The van der Waals surface area contributed by atoms with Crippen molar-refractivity contribution < 1.29 is 28.4 Å². The summed E-state index contributed by atoms with van der Waals surface area (Å²) >= 11 is 0. The van der Waals surface area contributed by atoms with Gasteiger partial charge in [0.15, 0.2) is 5.92 Å². The fourth-order valence-electron chi connectivity index (χ4n) is 1.95. The number of carbonyl (C=O) groups is 2. The second kappa shape index (κ2) is 7.32. The number of hydrogen-bond donors (Lipinski definition) is 0. The standard InChI is InChI=1S/C13H14FNO6/c1-20-12(16)11(13(17)21-2)10(7-15(18)19)8-3-5-9(14)6-4-8/h3-6,10-11H,7H2,1-2H3/t10-/m0/s1. The van der Waals surface area contributed by atoms with Crippen molar-refractivity contribution in [1.29, 1.82) is 0 Å². The maximum absolute atomic E-state index is 12.9. The molecule has 0 aliphatic heterocycles. The van der Waals surface area contributed by atoms with Gasteiger partial charge in [-0.05, 0) is 17.7 Å². The van der Waals surface area contributed by atoms with E-state index in [9.17, 15) is 24.1 Å². The van der Waals surface area contributed by atoms with Crippen LogP contribution in [0.3, 0.4) is 0 Å². The van der Waals surface area contributed by atoms with E-state index in [0.29, 0.717) is 0 Å². The second-order valence-electron chi connectivity index (χ2n) is 4.20. The summed E-state index contributed by atoms with van der Waals surface area (Å²) in [6.07, 6.45) is 0. The van der Waals surface area contributed by atoms with Crippen LogP contribution in [0.15, 0.2) is 24.3 Å². The van der Waals surface area contributed by atoms with Gasteiger partial charge in [0.1, 0.15) is 5.82 Å². The van der Waals surface area contributed by atoms with Gasteiger partial charge in [0.25, 0.3) is 0 Å². The molecule has 114 valence electrons. The zero-order chi connectivity index (χ0) is 16.0. The summed E-state index contributed by atoms with van der Waals surface area (Å²) in [4.78, 5) is 33.7. The first kappa shape index (κ1) is 16.5. The Kier molecular flexibility index (Phi) is 5.77. The van der Waals surface area contributed by atoms with Crippen LogP contribution in [0, 0.1) is 21.8 Å². The number of rotatable bonds is 6. The van der Waals surface area contributed by atoms with Crippen LogP contribution in [-0.2, 0) is 19.1 Å². The average molecular weight is 299 g/mol. The molecule has 1 aromatic rings. The van der Waals surface area contributed by atoms with E-state index in [1.807, 2.05) is 0 Å². The highest BCUT2D eigenvalue weighted by Gasteiger charge is 2.40. The van der Waals surface area contributed by atoms with E-state index in [-0.39, 0.29) is 5.56 Å². The van der Waals surface area contributed by atoms with Crippen LogP contribution in [0.5, 0.6) is 0 Å². The largest absolute Gasteiger partial charge is 0.468 e.